The molecule has 0 aromatic carbocycles. The van der Waals surface area contributed by atoms with Crippen LogP contribution in [-0.4, -0.2) is 46.0 Å². The van der Waals surface area contributed by atoms with Crippen molar-refractivity contribution in [3.05, 3.63) is 0 Å². The minimum atomic E-state index is -2.71. The van der Waals surface area contributed by atoms with Gasteiger partial charge in [-0.25, -0.2) is 0 Å². The molecule has 0 radical (unpaired) electrons. The molecule has 0 saturated carbocycles. The Labute approximate surface area is 142 Å². The molecule has 0 spiro atoms. The molecule has 0 aliphatic carbocycles. The molecule has 1 atom stereocenters. The van der Waals surface area contributed by atoms with Crippen LogP contribution in [-0.2, 0) is 17.4 Å². The van der Waals surface area contributed by atoms with Crippen LogP contribution in [0.15, 0.2) is 0 Å². The molecule has 0 N–H and O–H groups in total. The Hall–Kier alpha value is 0.491. The lowest BCUT2D eigenvalue weighted by molar-refractivity contribution is 0.0557. The molecule has 0 aliphatic rings. The van der Waals surface area contributed by atoms with Crippen LogP contribution in [0, 0.1) is 0 Å². The molecule has 0 bridgehead atoms. The number of hydrogen-bond donors (Lipinski definition) is 0. The van der Waals surface area contributed by atoms with E-state index < -0.39 is 26.2 Å². The molecule has 0 rings (SSSR count). The largest absolute Gasteiger partial charge is 0.503 e. The molecule has 0 heterocycles. The van der Waals surface area contributed by atoms with Crippen molar-refractivity contribution in [1.29, 1.82) is 0 Å². The van der Waals surface area contributed by atoms with Gasteiger partial charge in [0.15, 0.2) is 17.4 Å². The van der Waals surface area contributed by atoms with E-state index in [4.69, 9.17) is 17.4 Å². The second kappa shape index (κ2) is 11.1. The maximum absolute atomic E-state index is 6.42. The van der Waals surface area contributed by atoms with Gasteiger partial charge in [0.25, 0.3) is 0 Å². The molecule has 134 valence electrons. The monoisotopic (exact) mass is 366 g/mol. The molecule has 0 amide bonds. The summed E-state index contributed by atoms with van der Waals surface area (Å²) >= 11 is 0. The molecular weight excluding hydrogens is 328 g/mol. The zero-order valence-electron chi connectivity index (χ0n) is 16.0. The van der Waals surface area contributed by atoms with Gasteiger partial charge < -0.3 is 17.4 Å². The summed E-state index contributed by atoms with van der Waals surface area (Å²) in [5, 5.41) is 0.250. The van der Waals surface area contributed by atoms with E-state index in [2.05, 4.69) is 53.9 Å². The topological polar surface area (TPSA) is 36.9 Å². The van der Waals surface area contributed by atoms with Crippen molar-refractivity contribution in [2.75, 3.05) is 19.8 Å². The third kappa shape index (κ3) is 7.37. The Morgan fingerprint density at radius 3 is 1.45 bits per heavy atom. The van der Waals surface area contributed by atoms with Crippen LogP contribution in [0.4, 0.5) is 0 Å². The SMILES string of the molecule is CCCO[Si](OCCC)(OCCC)C(C)[Si](C)(C)O[SiH](C)C. The lowest BCUT2D eigenvalue weighted by Gasteiger charge is -2.41. The fourth-order valence-corrected chi connectivity index (χ4v) is 15.3. The molecule has 1 unspecified atom stereocenters. The lowest BCUT2D eigenvalue weighted by atomic mass is 10.5. The summed E-state index contributed by atoms with van der Waals surface area (Å²) in [4.78, 5) is 0. The molecule has 7 heteroatoms. The molecule has 0 saturated heterocycles. The van der Waals surface area contributed by atoms with Crippen molar-refractivity contribution in [2.24, 2.45) is 0 Å². The summed E-state index contributed by atoms with van der Waals surface area (Å²) in [7, 11) is -5.70. The van der Waals surface area contributed by atoms with Crippen molar-refractivity contribution in [3.8, 4) is 0 Å². The average Bonchev–Trinajstić information content (AvgIpc) is 2.45. The third-order valence-electron chi connectivity index (χ3n) is 3.63. The van der Waals surface area contributed by atoms with Crippen molar-refractivity contribution in [1.82, 2.24) is 0 Å². The van der Waals surface area contributed by atoms with Gasteiger partial charge in [-0.05, 0) is 45.5 Å². The van der Waals surface area contributed by atoms with Gasteiger partial charge in [0.05, 0.1) is 0 Å². The molecular formula is C15H38O4Si3. The number of rotatable bonds is 13. The van der Waals surface area contributed by atoms with E-state index in [0.29, 0.717) is 19.8 Å². The van der Waals surface area contributed by atoms with E-state index in [1.165, 1.54) is 0 Å². The van der Waals surface area contributed by atoms with E-state index in [1.54, 1.807) is 0 Å². The molecule has 0 aromatic rings. The van der Waals surface area contributed by atoms with E-state index in [9.17, 15) is 0 Å². The van der Waals surface area contributed by atoms with Gasteiger partial charge in [-0.1, -0.05) is 27.7 Å². The molecule has 22 heavy (non-hydrogen) atoms. The van der Waals surface area contributed by atoms with E-state index in [-0.39, 0.29) is 5.16 Å². The van der Waals surface area contributed by atoms with Gasteiger partial charge in [0.1, 0.15) is 0 Å². The summed E-state index contributed by atoms with van der Waals surface area (Å²) in [6, 6.07) is 0. The van der Waals surface area contributed by atoms with Crippen LogP contribution in [0.25, 0.3) is 0 Å². The van der Waals surface area contributed by atoms with Gasteiger partial charge in [-0.2, -0.15) is 0 Å². The Kier molecular flexibility index (Phi) is 11.4. The fourth-order valence-electron chi connectivity index (χ4n) is 2.37. The molecule has 0 aromatic heterocycles. The summed E-state index contributed by atoms with van der Waals surface area (Å²) < 4.78 is 25.2. The third-order valence-corrected chi connectivity index (χ3v) is 16.1. The predicted octanol–water partition coefficient (Wildman–Crippen LogP) is 4.34. The van der Waals surface area contributed by atoms with Crippen molar-refractivity contribution in [2.45, 2.75) is 78.3 Å². The first-order valence-electron chi connectivity index (χ1n) is 8.85. The van der Waals surface area contributed by atoms with Crippen LogP contribution >= 0.6 is 0 Å². The second-order valence-electron chi connectivity index (χ2n) is 6.64. The summed E-state index contributed by atoms with van der Waals surface area (Å²) in [5.74, 6) is 0. The molecule has 4 nitrogen and oxygen atoms in total. The Bertz CT molecular complexity index is 266. The maximum atomic E-state index is 6.42. The highest BCUT2D eigenvalue weighted by atomic mass is 28.5. The predicted molar refractivity (Wildman–Crippen MR) is 101 cm³/mol. The standard InChI is InChI=1S/C15H38O4Si3/c1-9-12-16-22(17-13-10-2,18-14-11-3)15(4)21(7,8)19-20(5)6/h15,20H,9-14H2,1-8H3. The summed E-state index contributed by atoms with van der Waals surface area (Å²) in [6.45, 7) is 19.8. The summed E-state index contributed by atoms with van der Waals surface area (Å²) in [6.07, 6.45) is 2.94. The quantitative estimate of drug-likeness (QED) is 0.454. The highest BCUT2D eigenvalue weighted by molar-refractivity contribution is 6.90. The van der Waals surface area contributed by atoms with Crippen LogP contribution < -0.4 is 0 Å². The fraction of sp³-hybridized carbons (Fsp3) is 1.00. The average molecular weight is 367 g/mol. The van der Waals surface area contributed by atoms with Gasteiger partial charge in [0, 0.05) is 25.0 Å². The van der Waals surface area contributed by atoms with Crippen LogP contribution in [0.1, 0.15) is 47.0 Å². The Morgan fingerprint density at radius 2 is 1.18 bits per heavy atom. The number of hydrogen-bond acceptors (Lipinski definition) is 4. The van der Waals surface area contributed by atoms with E-state index >= 15 is 0 Å². The van der Waals surface area contributed by atoms with E-state index in [0.717, 1.165) is 19.3 Å². The normalized spacial score (nSPS) is 14.6. The lowest BCUT2D eigenvalue weighted by Crippen LogP contribution is -2.59. The highest BCUT2D eigenvalue weighted by Gasteiger charge is 2.55. The minimum Gasteiger partial charge on any atom is -0.458 e. The first kappa shape index (κ1) is 22.5. The van der Waals surface area contributed by atoms with Crippen LogP contribution in [0.3, 0.4) is 0 Å². The smallest absolute Gasteiger partial charge is 0.458 e. The van der Waals surface area contributed by atoms with Gasteiger partial charge in [-0.15, -0.1) is 0 Å². The highest BCUT2D eigenvalue weighted by Crippen LogP contribution is 2.35. The van der Waals surface area contributed by atoms with Crippen LogP contribution in [0.5, 0.6) is 0 Å². The Balaban J connectivity index is 5.34. The zero-order valence-corrected chi connectivity index (χ0v) is 19.2. The van der Waals surface area contributed by atoms with Gasteiger partial charge in [0.2, 0.25) is 0 Å². The van der Waals surface area contributed by atoms with Crippen molar-refractivity contribution >= 4 is 26.2 Å². The molecule has 0 fully saturated rings. The Morgan fingerprint density at radius 1 is 0.818 bits per heavy atom. The van der Waals surface area contributed by atoms with E-state index in [1.807, 2.05) is 0 Å². The van der Waals surface area contributed by atoms with Gasteiger partial charge in [-0.3, -0.25) is 0 Å². The summed E-state index contributed by atoms with van der Waals surface area (Å²) in [5.41, 5.74) is 0. The van der Waals surface area contributed by atoms with Crippen molar-refractivity contribution < 1.29 is 17.4 Å². The molecule has 0 aliphatic heterocycles. The zero-order chi connectivity index (χ0) is 17.2. The van der Waals surface area contributed by atoms with Crippen LogP contribution in [0.2, 0.25) is 31.4 Å². The first-order chi connectivity index (χ1) is 10.3. The second-order valence-corrected chi connectivity index (χ2v) is 17.3. The van der Waals surface area contributed by atoms with Crippen molar-refractivity contribution in [3.63, 3.8) is 0 Å². The van der Waals surface area contributed by atoms with Gasteiger partial charge >= 0.3 is 8.80 Å². The maximum Gasteiger partial charge on any atom is 0.503 e. The minimum absolute atomic E-state index is 0.250. The first-order valence-corrected chi connectivity index (χ1v) is 16.4.